The monoisotopic (exact) mass is 229 g/mol. The minimum absolute atomic E-state index is 0.250. The van der Waals surface area contributed by atoms with E-state index in [0.717, 1.165) is 19.3 Å². The van der Waals surface area contributed by atoms with Crippen LogP contribution >= 0.6 is 0 Å². The molecule has 1 aromatic carbocycles. The van der Waals surface area contributed by atoms with Crippen molar-refractivity contribution < 1.29 is 4.79 Å². The normalized spacial score (nSPS) is 30.5. The van der Waals surface area contributed by atoms with E-state index < -0.39 is 0 Å². The zero-order valence-corrected chi connectivity index (χ0v) is 10.3. The quantitative estimate of drug-likeness (QED) is 0.830. The Hall–Kier alpha value is -1.31. The molecular formula is C15H19NO. The molecule has 0 aromatic heterocycles. The van der Waals surface area contributed by atoms with Crippen LogP contribution in [0.15, 0.2) is 24.3 Å². The van der Waals surface area contributed by atoms with Crippen molar-refractivity contribution in [3.8, 4) is 0 Å². The van der Waals surface area contributed by atoms with Gasteiger partial charge in [0.15, 0.2) is 0 Å². The molecule has 2 heteroatoms. The van der Waals surface area contributed by atoms with Gasteiger partial charge in [-0.2, -0.15) is 0 Å². The average molecular weight is 229 g/mol. The number of hydrogen-bond donors (Lipinski definition) is 1. The van der Waals surface area contributed by atoms with E-state index >= 15 is 0 Å². The first kappa shape index (κ1) is 10.8. The van der Waals surface area contributed by atoms with Gasteiger partial charge in [0.2, 0.25) is 5.91 Å². The lowest BCUT2D eigenvalue weighted by molar-refractivity contribution is -0.123. The summed E-state index contributed by atoms with van der Waals surface area (Å²) in [7, 11) is 0. The fourth-order valence-electron chi connectivity index (χ4n) is 2.87. The molecule has 2 aliphatic carbocycles. The molecule has 0 spiro atoms. The van der Waals surface area contributed by atoms with Crippen LogP contribution in [0.2, 0.25) is 0 Å². The molecule has 2 nitrogen and oxygen atoms in total. The second-order valence-electron chi connectivity index (χ2n) is 5.47. The first-order valence-electron chi connectivity index (χ1n) is 6.64. The molecule has 1 saturated carbocycles. The number of carbonyl (C=O) groups is 1. The van der Waals surface area contributed by atoms with E-state index in [4.69, 9.17) is 0 Å². The van der Waals surface area contributed by atoms with E-state index in [1.807, 2.05) is 0 Å². The van der Waals surface area contributed by atoms with Crippen LogP contribution in [0.4, 0.5) is 0 Å². The predicted molar refractivity (Wildman–Crippen MR) is 67.5 cm³/mol. The van der Waals surface area contributed by atoms with E-state index in [1.165, 1.54) is 17.5 Å². The molecule has 1 fully saturated rings. The lowest BCUT2D eigenvalue weighted by Crippen LogP contribution is -2.32. The molecule has 0 heterocycles. The second kappa shape index (κ2) is 4.17. The summed E-state index contributed by atoms with van der Waals surface area (Å²) in [6.45, 7) is 2.15. The van der Waals surface area contributed by atoms with Gasteiger partial charge >= 0.3 is 0 Å². The molecule has 1 amide bonds. The molecule has 0 radical (unpaired) electrons. The number of amides is 1. The van der Waals surface area contributed by atoms with Crippen molar-refractivity contribution in [1.29, 1.82) is 0 Å². The summed E-state index contributed by atoms with van der Waals surface area (Å²) in [4.78, 5) is 12.0. The molecule has 1 N–H and O–H groups in total. The molecule has 0 saturated heterocycles. The van der Waals surface area contributed by atoms with Crippen LogP contribution in [0.25, 0.3) is 0 Å². The standard InChI is InChI=1S/C15H19NO/c1-10-9-13(10)15(17)16-14-8-4-6-11-5-2-3-7-12(11)14/h2-3,5,7,10,13-14H,4,6,8-9H2,1H3,(H,16,17)/t10-,13-,14-/m1/s1. The fraction of sp³-hybridized carbons (Fsp3) is 0.533. The van der Waals surface area contributed by atoms with Crippen molar-refractivity contribution in [3.05, 3.63) is 35.4 Å². The number of benzene rings is 1. The minimum Gasteiger partial charge on any atom is -0.349 e. The van der Waals surface area contributed by atoms with Gasteiger partial charge in [0.25, 0.3) is 0 Å². The first-order valence-corrected chi connectivity index (χ1v) is 6.64. The van der Waals surface area contributed by atoms with Crippen molar-refractivity contribution >= 4 is 5.91 Å². The van der Waals surface area contributed by atoms with Crippen molar-refractivity contribution in [2.24, 2.45) is 11.8 Å². The van der Waals surface area contributed by atoms with Crippen LogP contribution < -0.4 is 5.32 Å². The summed E-state index contributed by atoms with van der Waals surface area (Å²) in [5, 5.41) is 3.23. The third kappa shape index (κ3) is 2.08. The Morgan fingerprint density at radius 1 is 1.35 bits per heavy atom. The Labute approximate surface area is 102 Å². The third-order valence-electron chi connectivity index (χ3n) is 4.13. The number of nitrogens with one attached hydrogen (secondary N) is 1. The molecule has 3 rings (SSSR count). The minimum atomic E-state index is 0.250. The smallest absolute Gasteiger partial charge is 0.223 e. The highest BCUT2D eigenvalue weighted by Crippen LogP contribution is 2.39. The maximum atomic E-state index is 12.0. The van der Waals surface area contributed by atoms with Crippen molar-refractivity contribution in [1.82, 2.24) is 5.32 Å². The maximum absolute atomic E-state index is 12.0. The van der Waals surface area contributed by atoms with Crippen LogP contribution in [-0.4, -0.2) is 5.91 Å². The van der Waals surface area contributed by atoms with Gasteiger partial charge in [-0.15, -0.1) is 0 Å². The van der Waals surface area contributed by atoms with Gasteiger partial charge in [0, 0.05) is 5.92 Å². The summed E-state index contributed by atoms with van der Waals surface area (Å²) < 4.78 is 0. The van der Waals surface area contributed by atoms with Gasteiger partial charge < -0.3 is 5.32 Å². The zero-order valence-electron chi connectivity index (χ0n) is 10.3. The van der Waals surface area contributed by atoms with E-state index in [9.17, 15) is 4.79 Å². The number of aryl methyl sites for hydroxylation is 1. The van der Waals surface area contributed by atoms with Gasteiger partial charge in [-0.25, -0.2) is 0 Å². The first-order chi connectivity index (χ1) is 8.25. The highest BCUT2D eigenvalue weighted by molar-refractivity contribution is 5.81. The summed E-state index contributed by atoms with van der Waals surface area (Å²) in [5.74, 6) is 1.14. The van der Waals surface area contributed by atoms with Crippen molar-refractivity contribution in [2.45, 2.75) is 38.6 Å². The Morgan fingerprint density at radius 2 is 2.12 bits per heavy atom. The van der Waals surface area contributed by atoms with Crippen LogP contribution in [0, 0.1) is 11.8 Å². The molecule has 0 bridgehead atoms. The topological polar surface area (TPSA) is 29.1 Å². The third-order valence-corrected chi connectivity index (χ3v) is 4.13. The average Bonchev–Trinajstić information content (AvgIpc) is 3.07. The Kier molecular flexibility index (Phi) is 2.65. The molecule has 0 unspecified atom stereocenters. The summed E-state index contributed by atoms with van der Waals surface area (Å²) in [6, 6.07) is 8.76. The summed E-state index contributed by atoms with van der Waals surface area (Å²) in [6.07, 6.45) is 4.49. The Bertz CT molecular complexity index is 440. The number of rotatable bonds is 2. The van der Waals surface area contributed by atoms with Crippen molar-refractivity contribution in [3.63, 3.8) is 0 Å². The van der Waals surface area contributed by atoms with Crippen LogP contribution in [0.1, 0.15) is 43.4 Å². The van der Waals surface area contributed by atoms with Gasteiger partial charge in [-0.3, -0.25) is 4.79 Å². The molecule has 3 atom stereocenters. The summed E-state index contributed by atoms with van der Waals surface area (Å²) in [5.41, 5.74) is 2.74. The molecule has 90 valence electrons. The lowest BCUT2D eigenvalue weighted by atomic mass is 9.87. The van der Waals surface area contributed by atoms with E-state index in [-0.39, 0.29) is 17.9 Å². The highest BCUT2D eigenvalue weighted by Gasteiger charge is 2.40. The Balaban J connectivity index is 1.74. The van der Waals surface area contributed by atoms with Gasteiger partial charge in [0.05, 0.1) is 6.04 Å². The van der Waals surface area contributed by atoms with Crippen LogP contribution in [0.5, 0.6) is 0 Å². The second-order valence-corrected chi connectivity index (χ2v) is 5.47. The highest BCUT2D eigenvalue weighted by atomic mass is 16.2. The van der Waals surface area contributed by atoms with E-state index in [0.29, 0.717) is 5.92 Å². The van der Waals surface area contributed by atoms with Gasteiger partial charge in [0.1, 0.15) is 0 Å². The fourth-order valence-corrected chi connectivity index (χ4v) is 2.87. The van der Waals surface area contributed by atoms with Crippen LogP contribution in [0.3, 0.4) is 0 Å². The lowest BCUT2D eigenvalue weighted by Gasteiger charge is -2.26. The van der Waals surface area contributed by atoms with Gasteiger partial charge in [-0.1, -0.05) is 31.2 Å². The summed E-state index contributed by atoms with van der Waals surface area (Å²) >= 11 is 0. The van der Waals surface area contributed by atoms with Crippen molar-refractivity contribution in [2.75, 3.05) is 0 Å². The van der Waals surface area contributed by atoms with Gasteiger partial charge in [-0.05, 0) is 42.7 Å². The predicted octanol–water partition coefficient (Wildman–Crippen LogP) is 2.84. The molecule has 1 aromatic rings. The zero-order chi connectivity index (χ0) is 11.8. The maximum Gasteiger partial charge on any atom is 0.223 e. The number of carbonyl (C=O) groups excluding carboxylic acids is 1. The number of hydrogen-bond acceptors (Lipinski definition) is 1. The Morgan fingerprint density at radius 3 is 2.88 bits per heavy atom. The molecule has 2 aliphatic rings. The molecular weight excluding hydrogens is 210 g/mol. The number of fused-ring (bicyclic) bond motifs is 1. The largest absolute Gasteiger partial charge is 0.349 e. The van der Waals surface area contributed by atoms with E-state index in [1.54, 1.807) is 0 Å². The molecule has 0 aliphatic heterocycles. The molecule has 17 heavy (non-hydrogen) atoms. The van der Waals surface area contributed by atoms with Crippen LogP contribution in [-0.2, 0) is 11.2 Å². The SMILES string of the molecule is C[C@@H]1C[C@H]1C(=O)N[C@@H]1CCCc2ccccc21. The van der Waals surface area contributed by atoms with E-state index in [2.05, 4.69) is 36.5 Å².